The van der Waals surface area contributed by atoms with Crippen molar-refractivity contribution in [3.8, 4) is 0 Å². The number of hydrogen-bond donors (Lipinski definition) is 1. The molecule has 1 aromatic rings. The molecule has 4 aliphatic carbocycles. The summed E-state index contributed by atoms with van der Waals surface area (Å²) >= 11 is 0. The number of nitrogens with zero attached hydrogens (tertiary/aromatic N) is 4. The van der Waals surface area contributed by atoms with Crippen molar-refractivity contribution < 1.29 is 4.79 Å². The van der Waals surface area contributed by atoms with Crippen LogP contribution in [0.15, 0.2) is 18.5 Å². The Morgan fingerprint density at radius 1 is 1.15 bits per heavy atom. The van der Waals surface area contributed by atoms with Crippen molar-refractivity contribution in [1.29, 1.82) is 0 Å². The summed E-state index contributed by atoms with van der Waals surface area (Å²) < 4.78 is 0. The zero-order valence-corrected chi connectivity index (χ0v) is 16.3. The van der Waals surface area contributed by atoms with E-state index in [4.69, 9.17) is 0 Å². The molecular formula is C21H31N5O. The van der Waals surface area contributed by atoms with E-state index >= 15 is 0 Å². The third-order valence-corrected chi connectivity index (χ3v) is 7.60. The second-order valence-corrected chi connectivity index (χ2v) is 9.37. The normalized spacial score (nSPS) is 37.2. The zero-order chi connectivity index (χ0) is 18.4. The summed E-state index contributed by atoms with van der Waals surface area (Å²) in [6.07, 6.45) is 11.4. The maximum atomic E-state index is 12.9. The molecule has 0 radical (unpaired) electrons. The minimum Gasteiger partial charge on any atom is -0.335 e. The Labute approximate surface area is 161 Å². The van der Waals surface area contributed by atoms with Gasteiger partial charge in [-0.1, -0.05) is 0 Å². The summed E-state index contributed by atoms with van der Waals surface area (Å²) in [7, 11) is 2.11. The average Bonchev–Trinajstić information content (AvgIpc) is 3.15. The maximum absolute atomic E-state index is 12.9. The fraction of sp³-hybridized carbons (Fsp3) is 0.762. The van der Waals surface area contributed by atoms with Crippen LogP contribution >= 0.6 is 0 Å². The van der Waals surface area contributed by atoms with Gasteiger partial charge in [0.15, 0.2) is 0 Å². The summed E-state index contributed by atoms with van der Waals surface area (Å²) in [5, 5.41) is 3.46. The number of hydrogen-bond acceptors (Lipinski definition) is 4. The Hall–Kier alpha value is -1.69. The Morgan fingerprint density at radius 3 is 2.48 bits per heavy atom. The summed E-state index contributed by atoms with van der Waals surface area (Å²) in [6, 6.07) is 2.83. The fourth-order valence-corrected chi connectivity index (χ4v) is 6.44. The highest BCUT2D eigenvalue weighted by atomic mass is 16.2. The van der Waals surface area contributed by atoms with Gasteiger partial charge in [-0.25, -0.2) is 14.8 Å². The van der Waals surface area contributed by atoms with E-state index in [0.717, 1.165) is 55.6 Å². The Kier molecular flexibility index (Phi) is 4.54. The second-order valence-electron chi connectivity index (χ2n) is 9.37. The van der Waals surface area contributed by atoms with Crippen LogP contribution < -0.4 is 5.32 Å². The quantitative estimate of drug-likeness (QED) is 0.886. The van der Waals surface area contributed by atoms with Crippen LogP contribution in [0.5, 0.6) is 0 Å². The van der Waals surface area contributed by atoms with Crippen molar-refractivity contribution in [2.24, 2.45) is 23.7 Å². The van der Waals surface area contributed by atoms with Crippen LogP contribution in [0, 0.1) is 23.7 Å². The molecule has 2 amide bonds. The fourth-order valence-electron chi connectivity index (χ4n) is 6.44. The molecule has 1 saturated heterocycles. The molecule has 5 aliphatic rings. The third-order valence-electron chi connectivity index (χ3n) is 7.60. The first-order valence-electron chi connectivity index (χ1n) is 10.7. The lowest BCUT2D eigenvalue weighted by Crippen LogP contribution is -2.57. The molecule has 5 fully saturated rings. The van der Waals surface area contributed by atoms with Gasteiger partial charge in [-0.05, 0) is 75.3 Å². The third kappa shape index (κ3) is 3.44. The van der Waals surface area contributed by atoms with Gasteiger partial charge in [0.25, 0.3) is 0 Å². The summed E-state index contributed by atoms with van der Waals surface area (Å²) in [4.78, 5) is 25.9. The highest BCUT2D eigenvalue weighted by Gasteiger charge is 2.49. The van der Waals surface area contributed by atoms with E-state index in [1.54, 1.807) is 12.4 Å². The predicted molar refractivity (Wildman–Crippen MR) is 103 cm³/mol. The molecule has 1 unspecified atom stereocenters. The van der Waals surface area contributed by atoms with Gasteiger partial charge in [0.05, 0.1) is 6.54 Å². The first kappa shape index (κ1) is 17.4. The standard InChI is InChI=1S/C21H31N5O/c1-25(13-19-22-4-2-5-23-19)18-3-6-26(12-18)21(27)24-20-16-8-14-7-15(10-16)11-17(20)9-14/h2,4-5,14-18,20H,3,6-13H2,1H3,(H,24,27). The number of urea groups is 1. The Bertz CT molecular complexity index is 652. The molecule has 0 aromatic carbocycles. The van der Waals surface area contributed by atoms with Crippen LogP contribution in [-0.2, 0) is 6.54 Å². The van der Waals surface area contributed by atoms with Gasteiger partial charge in [0.2, 0.25) is 0 Å². The van der Waals surface area contributed by atoms with Gasteiger partial charge in [-0.3, -0.25) is 4.90 Å². The molecule has 0 spiro atoms. The van der Waals surface area contributed by atoms with Crippen LogP contribution in [0.3, 0.4) is 0 Å². The number of carbonyl (C=O) groups excluding carboxylic acids is 1. The van der Waals surface area contributed by atoms with E-state index in [1.165, 1.54) is 32.1 Å². The van der Waals surface area contributed by atoms with Gasteiger partial charge < -0.3 is 10.2 Å². The number of nitrogens with one attached hydrogen (secondary N) is 1. The molecule has 2 heterocycles. The smallest absolute Gasteiger partial charge is 0.317 e. The number of likely N-dealkylation sites (tertiary alicyclic amines) is 1. The molecule has 6 heteroatoms. The molecule has 4 saturated carbocycles. The molecule has 146 valence electrons. The average molecular weight is 370 g/mol. The highest BCUT2D eigenvalue weighted by molar-refractivity contribution is 5.75. The van der Waals surface area contributed by atoms with Crippen LogP contribution in [0.1, 0.15) is 44.3 Å². The largest absolute Gasteiger partial charge is 0.335 e. The molecule has 27 heavy (non-hydrogen) atoms. The van der Waals surface area contributed by atoms with Crippen molar-refractivity contribution in [2.75, 3.05) is 20.1 Å². The summed E-state index contributed by atoms with van der Waals surface area (Å²) in [6.45, 7) is 2.39. The van der Waals surface area contributed by atoms with Crippen molar-refractivity contribution in [2.45, 2.75) is 57.2 Å². The molecule has 6 rings (SSSR count). The lowest BCUT2D eigenvalue weighted by molar-refractivity contribution is -0.0108. The van der Waals surface area contributed by atoms with Crippen molar-refractivity contribution in [3.63, 3.8) is 0 Å². The molecule has 1 atom stereocenters. The van der Waals surface area contributed by atoms with Crippen LogP contribution in [0.25, 0.3) is 0 Å². The van der Waals surface area contributed by atoms with Gasteiger partial charge in [0.1, 0.15) is 5.82 Å². The summed E-state index contributed by atoms with van der Waals surface area (Å²) in [5.74, 6) is 4.22. The molecule has 1 aliphatic heterocycles. The van der Waals surface area contributed by atoms with Crippen molar-refractivity contribution >= 4 is 6.03 Å². The number of rotatable bonds is 4. The first-order valence-corrected chi connectivity index (χ1v) is 10.7. The topological polar surface area (TPSA) is 61.4 Å². The van der Waals surface area contributed by atoms with Gasteiger partial charge in [-0.2, -0.15) is 0 Å². The molecular weight excluding hydrogens is 338 g/mol. The molecule has 1 N–H and O–H groups in total. The lowest BCUT2D eigenvalue weighted by atomic mass is 9.54. The van der Waals surface area contributed by atoms with Gasteiger partial charge in [0, 0.05) is 37.6 Å². The van der Waals surface area contributed by atoms with E-state index in [2.05, 4.69) is 27.2 Å². The zero-order valence-electron chi connectivity index (χ0n) is 16.3. The van der Waals surface area contributed by atoms with E-state index in [0.29, 0.717) is 12.1 Å². The number of carbonyl (C=O) groups is 1. The maximum Gasteiger partial charge on any atom is 0.317 e. The second kappa shape index (κ2) is 7.04. The van der Waals surface area contributed by atoms with Gasteiger partial charge >= 0.3 is 6.03 Å². The number of aromatic nitrogens is 2. The lowest BCUT2D eigenvalue weighted by Gasteiger charge is -2.54. The molecule has 1 aromatic heterocycles. The van der Waals surface area contributed by atoms with Crippen LogP contribution in [-0.4, -0.2) is 58.0 Å². The molecule has 4 bridgehead atoms. The number of likely N-dealkylation sites (N-methyl/N-ethyl adjacent to an activating group) is 1. The van der Waals surface area contributed by atoms with Gasteiger partial charge in [-0.15, -0.1) is 0 Å². The van der Waals surface area contributed by atoms with Crippen LogP contribution in [0.4, 0.5) is 4.79 Å². The van der Waals surface area contributed by atoms with Crippen molar-refractivity contribution in [3.05, 3.63) is 24.3 Å². The summed E-state index contributed by atoms with van der Waals surface area (Å²) in [5.41, 5.74) is 0. The Morgan fingerprint density at radius 2 is 1.81 bits per heavy atom. The van der Waals surface area contributed by atoms with E-state index in [9.17, 15) is 4.79 Å². The highest BCUT2D eigenvalue weighted by Crippen LogP contribution is 2.53. The van der Waals surface area contributed by atoms with Crippen LogP contribution in [0.2, 0.25) is 0 Å². The molecule has 6 nitrogen and oxygen atoms in total. The predicted octanol–water partition coefficient (Wildman–Crippen LogP) is 2.52. The monoisotopic (exact) mass is 369 g/mol. The Balaban J connectivity index is 1.15. The first-order chi connectivity index (χ1) is 13.2. The van der Waals surface area contributed by atoms with E-state index in [-0.39, 0.29) is 6.03 Å². The van der Waals surface area contributed by atoms with Crippen molar-refractivity contribution in [1.82, 2.24) is 25.1 Å². The van der Waals surface area contributed by atoms with E-state index < -0.39 is 0 Å². The minimum atomic E-state index is 0.166. The van der Waals surface area contributed by atoms with E-state index in [1.807, 2.05) is 11.0 Å². The minimum absolute atomic E-state index is 0.166. The number of amides is 2. The SMILES string of the molecule is CN(Cc1ncccn1)C1CCN(C(=O)NC2C3CC4CC(C3)CC2C4)C1.